The number of rotatable bonds is 6. The largest absolute Gasteiger partial charge is 0.417 e. The molecule has 1 saturated carbocycles. The van der Waals surface area contributed by atoms with Gasteiger partial charge in [-0.05, 0) is 37.0 Å². The first-order valence-electron chi connectivity index (χ1n) is 7.31. The molecule has 1 aromatic carbocycles. The molecule has 0 atom stereocenters. The van der Waals surface area contributed by atoms with Gasteiger partial charge in [0.05, 0.1) is 12.2 Å². The number of alkyl halides is 3. The highest BCUT2D eigenvalue weighted by Gasteiger charge is 2.33. The maximum absolute atomic E-state index is 12.8. The molecule has 0 spiro atoms. The van der Waals surface area contributed by atoms with E-state index in [2.05, 4.69) is 26.6 Å². The van der Waals surface area contributed by atoms with E-state index in [0.717, 1.165) is 25.0 Å². The molecule has 0 aromatic heterocycles. The van der Waals surface area contributed by atoms with Crippen LogP contribution in [0.4, 0.5) is 18.9 Å². The molecular formula is C15H16BrF3N2O3. The average molecular weight is 409 g/mol. The number of halogens is 4. The van der Waals surface area contributed by atoms with E-state index in [1.54, 1.807) is 0 Å². The van der Waals surface area contributed by atoms with Gasteiger partial charge >= 0.3 is 18.0 Å². The molecule has 0 aliphatic heterocycles. The topological polar surface area (TPSA) is 67.4 Å². The lowest BCUT2D eigenvalue weighted by Gasteiger charge is -2.12. The SMILES string of the molecule is O=C(NCCOCC1CC1)C(=O)Nc1ccc(Br)c(C(F)(F)F)c1. The molecule has 1 fully saturated rings. The number of amides is 2. The molecule has 2 rings (SSSR count). The molecule has 0 saturated heterocycles. The van der Waals surface area contributed by atoms with Crippen molar-refractivity contribution in [1.82, 2.24) is 5.32 Å². The summed E-state index contributed by atoms with van der Waals surface area (Å²) in [5, 5.41) is 4.48. The van der Waals surface area contributed by atoms with E-state index in [9.17, 15) is 22.8 Å². The number of carbonyl (C=O) groups is 2. The molecule has 9 heteroatoms. The number of anilines is 1. The minimum absolute atomic E-state index is 0.115. The predicted molar refractivity (Wildman–Crippen MR) is 84.3 cm³/mol. The molecule has 0 unspecified atom stereocenters. The van der Waals surface area contributed by atoms with Crippen molar-refractivity contribution in [1.29, 1.82) is 0 Å². The first-order chi connectivity index (χ1) is 11.3. The molecule has 1 aliphatic carbocycles. The van der Waals surface area contributed by atoms with Crippen molar-refractivity contribution < 1.29 is 27.5 Å². The van der Waals surface area contributed by atoms with Gasteiger partial charge in [-0.15, -0.1) is 0 Å². The third-order valence-electron chi connectivity index (χ3n) is 3.32. The molecule has 2 N–H and O–H groups in total. The maximum Gasteiger partial charge on any atom is 0.417 e. The van der Waals surface area contributed by atoms with Gasteiger partial charge in [-0.1, -0.05) is 15.9 Å². The maximum atomic E-state index is 12.8. The monoisotopic (exact) mass is 408 g/mol. The van der Waals surface area contributed by atoms with E-state index in [0.29, 0.717) is 12.5 Å². The molecule has 2 amide bonds. The Morgan fingerprint density at radius 3 is 2.58 bits per heavy atom. The van der Waals surface area contributed by atoms with Crippen LogP contribution < -0.4 is 10.6 Å². The fourth-order valence-electron chi connectivity index (χ4n) is 1.86. The third kappa shape index (κ3) is 5.79. The molecule has 1 aromatic rings. The van der Waals surface area contributed by atoms with Gasteiger partial charge in [-0.25, -0.2) is 0 Å². The van der Waals surface area contributed by atoms with Crippen molar-refractivity contribution >= 4 is 33.4 Å². The fraction of sp³-hybridized carbons (Fsp3) is 0.467. The van der Waals surface area contributed by atoms with E-state index in [1.807, 2.05) is 0 Å². The number of hydrogen-bond acceptors (Lipinski definition) is 3. The van der Waals surface area contributed by atoms with Gasteiger partial charge in [0.25, 0.3) is 0 Å². The summed E-state index contributed by atoms with van der Waals surface area (Å²) in [6.07, 6.45) is -2.26. The summed E-state index contributed by atoms with van der Waals surface area (Å²) >= 11 is 2.80. The summed E-state index contributed by atoms with van der Waals surface area (Å²) in [4.78, 5) is 23.3. The van der Waals surface area contributed by atoms with Crippen molar-refractivity contribution in [2.45, 2.75) is 19.0 Å². The van der Waals surface area contributed by atoms with E-state index in [1.165, 1.54) is 6.07 Å². The van der Waals surface area contributed by atoms with Crippen LogP contribution in [0.15, 0.2) is 22.7 Å². The van der Waals surface area contributed by atoms with Crippen molar-refractivity contribution in [3.05, 3.63) is 28.2 Å². The van der Waals surface area contributed by atoms with Crippen LogP contribution in [0.5, 0.6) is 0 Å². The Bertz CT molecular complexity index is 618. The van der Waals surface area contributed by atoms with Crippen LogP contribution in [-0.2, 0) is 20.5 Å². The van der Waals surface area contributed by atoms with Crippen LogP contribution in [0.1, 0.15) is 18.4 Å². The van der Waals surface area contributed by atoms with E-state index in [-0.39, 0.29) is 23.3 Å². The third-order valence-corrected chi connectivity index (χ3v) is 4.01. The van der Waals surface area contributed by atoms with E-state index < -0.39 is 23.6 Å². The van der Waals surface area contributed by atoms with Gasteiger partial charge in [-0.3, -0.25) is 9.59 Å². The number of nitrogens with one attached hydrogen (secondary N) is 2. The Labute approximate surface area is 145 Å². The standard InChI is InChI=1S/C15H16BrF3N2O3/c16-12-4-3-10(7-11(12)15(17,18)19)21-14(23)13(22)20-5-6-24-8-9-1-2-9/h3-4,7,9H,1-2,5-6,8H2,(H,20,22)(H,21,23). The van der Waals surface area contributed by atoms with Crippen LogP contribution >= 0.6 is 15.9 Å². The first kappa shape index (κ1) is 18.7. The first-order valence-corrected chi connectivity index (χ1v) is 8.10. The Morgan fingerprint density at radius 2 is 1.96 bits per heavy atom. The lowest BCUT2D eigenvalue weighted by Crippen LogP contribution is -2.37. The summed E-state index contributed by atoms with van der Waals surface area (Å²) < 4.78 is 43.5. The van der Waals surface area contributed by atoms with Crippen molar-refractivity contribution in [3.8, 4) is 0 Å². The summed E-state index contributed by atoms with van der Waals surface area (Å²) in [6.45, 7) is 1.08. The molecule has 0 bridgehead atoms. The number of hydrogen-bond donors (Lipinski definition) is 2. The van der Waals surface area contributed by atoms with Crippen molar-refractivity contribution in [2.24, 2.45) is 5.92 Å². The lowest BCUT2D eigenvalue weighted by atomic mass is 10.2. The van der Waals surface area contributed by atoms with Gasteiger partial charge in [0.2, 0.25) is 0 Å². The smallest absolute Gasteiger partial charge is 0.379 e. The quantitative estimate of drug-likeness (QED) is 0.561. The number of benzene rings is 1. The van der Waals surface area contributed by atoms with Crippen LogP contribution in [0, 0.1) is 5.92 Å². The summed E-state index contributed by atoms with van der Waals surface area (Å²) in [5.74, 6) is -1.36. The molecule has 1 aliphatic rings. The number of carbonyl (C=O) groups excluding carboxylic acids is 2. The molecule has 0 radical (unpaired) electrons. The van der Waals surface area contributed by atoms with Crippen molar-refractivity contribution in [3.63, 3.8) is 0 Å². The highest BCUT2D eigenvalue weighted by Crippen LogP contribution is 2.36. The number of ether oxygens (including phenoxy) is 1. The Hall–Kier alpha value is -1.61. The molecule has 0 heterocycles. The van der Waals surface area contributed by atoms with Gasteiger partial charge in [0.15, 0.2) is 0 Å². The minimum Gasteiger partial charge on any atom is -0.379 e. The second-order valence-corrected chi connectivity index (χ2v) is 6.28. The Balaban J connectivity index is 1.81. The summed E-state index contributed by atoms with van der Waals surface area (Å²) in [5.41, 5.74) is -1.05. The predicted octanol–water partition coefficient (Wildman–Crippen LogP) is 2.95. The summed E-state index contributed by atoms with van der Waals surface area (Å²) in [6, 6.07) is 3.18. The summed E-state index contributed by atoms with van der Waals surface area (Å²) in [7, 11) is 0. The average Bonchev–Trinajstić information content (AvgIpc) is 3.31. The minimum atomic E-state index is -4.57. The molecule has 132 valence electrons. The van der Waals surface area contributed by atoms with E-state index >= 15 is 0 Å². The van der Waals surface area contributed by atoms with Crippen molar-refractivity contribution in [2.75, 3.05) is 25.1 Å². The molecule has 24 heavy (non-hydrogen) atoms. The van der Waals surface area contributed by atoms with Gasteiger partial charge in [0.1, 0.15) is 0 Å². The van der Waals surface area contributed by atoms with E-state index in [4.69, 9.17) is 4.74 Å². The molecule has 5 nitrogen and oxygen atoms in total. The van der Waals surface area contributed by atoms with Gasteiger partial charge in [-0.2, -0.15) is 13.2 Å². The zero-order chi connectivity index (χ0) is 17.7. The van der Waals surface area contributed by atoms with Crippen LogP contribution in [-0.4, -0.2) is 31.6 Å². The van der Waals surface area contributed by atoms with Crippen LogP contribution in [0.3, 0.4) is 0 Å². The zero-order valence-electron chi connectivity index (χ0n) is 12.6. The normalized spacial score (nSPS) is 14.3. The second kappa shape index (κ2) is 7.98. The van der Waals surface area contributed by atoms with Gasteiger partial charge in [0, 0.05) is 23.3 Å². The Kier molecular flexibility index (Phi) is 6.22. The van der Waals surface area contributed by atoms with Crippen LogP contribution in [0.2, 0.25) is 0 Å². The highest BCUT2D eigenvalue weighted by atomic mass is 79.9. The fourth-order valence-corrected chi connectivity index (χ4v) is 2.33. The highest BCUT2D eigenvalue weighted by molar-refractivity contribution is 9.10. The van der Waals surface area contributed by atoms with Gasteiger partial charge < -0.3 is 15.4 Å². The Morgan fingerprint density at radius 1 is 1.25 bits per heavy atom. The molecular weight excluding hydrogens is 393 g/mol. The second-order valence-electron chi connectivity index (χ2n) is 5.42. The van der Waals surface area contributed by atoms with Crippen LogP contribution in [0.25, 0.3) is 0 Å². The lowest BCUT2D eigenvalue weighted by molar-refractivity contribution is -0.138. The zero-order valence-corrected chi connectivity index (χ0v) is 14.2.